The number of hydrogen-bond acceptors (Lipinski definition) is 6. The minimum Gasteiger partial charge on any atom is -0.245 e. The van der Waals surface area contributed by atoms with Crippen molar-refractivity contribution in [3.63, 3.8) is 0 Å². The Bertz CT molecular complexity index is 1730. The normalized spacial score (nSPS) is 9.89. The molecule has 0 fully saturated rings. The molecule has 0 saturated heterocycles. The van der Waals surface area contributed by atoms with Crippen LogP contribution in [-0.2, 0) is 0 Å². The summed E-state index contributed by atoms with van der Waals surface area (Å²) in [5.74, 6) is -2.43. The third-order valence-electron chi connectivity index (χ3n) is 5.34. The highest BCUT2D eigenvalue weighted by Crippen LogP contribution is 2.39. The fraction of sp³-hybridized carbons (Fsp3) is 0. The fourth-order valence-electron chi connectivity index (χ4n) is 3.89. The minimum absolute atomic E-state index is 0.00564. The van der Waals surface area contributed by atoms with Crippen molar-refractivity contribution in [1.82, 2.24) is 4.98 Å². The molecule has 3 aromatic carbocycles. The molecule has 0 bridgehead atoms. The first-order valence-corrected chi connectivity index (χ1v) is 10.3. The quantitative estimate of drug-likeness (QED) is 0.356. The molecule has 0 atom stereocenters. The molecular weight excluding hydrogens is 477 g/mol. The molecule has 37 heavy (non-hydrogen) atoms. The lowest BCUT2D eigenvalue weighted by Gasteiger charge is -2.16. The van der Waals surface area contributed by atoms with Crippen molar-refractivity contribution >= 4 is 0 Å². The number of aromatic nitrogens is 1. The van der Waals surface area contributed by atoms with E-state index in [4.69, 9.17) is 0 Å². The molecule has 0 saturated carbocycles. The summed E-state index contributed by atoms with van der Waals surface area (Å²) in [6.07, 6.45) is 0. The molecule has 0 aliphatic carbocycles. The van der Waals surface area contributed by atoms with Crippen molar-refractivity contribution in [1.29, 1.82) is 26.3 Å². The molecule has 0 spiro atoms. The summed E-state index contributed by atoms with van der Waals surface area (Å²) < 4.78 is 43.1. The van der Waals surface area contributed by atoms with Crippen LogP contribution in [0.3, 0.4) is 0 Å². The lowest BCUT2D eigenvalue weighted by molar-refractivity contribution is 0.627. The van der Waals surface area contributed by atoms with Crippen molar-refractivity contribution in [3.05, 3.63) is 99.9 Å². The average Bonchev–Trinajstić information content (AvgIpc) is 2.90. The molecule has 4 rings (SSSR count). The molecule has 0 aliphatic heterocycles. The Morgan fingerprint density at radius 3 is 1.16 bits per heavy atom. The number of rotatable bonds is 3. The van der Waals surface area contributed by atoms with Crippen LogP contribution in [0.2, 0.25) is 0 Å². The van der Waals surface area contributed by atoms with Crippen LogP contribution in [-0.4, -0.2) is 4.98 Å². The van der Waals surface area contributed by atoms with Crippen molar-refractivity contribution in [3.8, 4) is 64.0 Å². The zero-order valence-electron chi connectivity index (χ0n) is 18.5. The SMILES string of the molecule is N#Cc1cc(F)cc(-c2nc(-c3cc(F)cc(C#N)c3)c(C#N)c(-c3cc(F)cc(C#N)c3)c2C#N)c1. The number of pyridine rings is 1. The summed E-state index contributed by atoms with van der Waals surface area (Å²) in [7, 11) is 0. The number of hydrogen-bond donors (Lipinski definition) is 0. The zero-order chi connectivity index (χ0) is 26.7. The van der Waals surface area contributed by atoms with E-state index in [1.165, 1.54) is 18.2 Å². The van der Waals surface area contributed by atoms with Gasteiger partial charge < -0.3 is 0 Å². The molecule has 6 nitrogen and oxygen atoms in total. The molecule has 0 radical (unpaired) electrons. The Hall–Kier alpha value is -5.95. The zero-order valence-corrected chi connectivity index (χ0v) is 18.5. The van der Waals surface area contributed by atoms with Crippen LogP contribution in [0.15, 0.2) is 54.6 Å². The van der Waals surface area contributed by atoms with Gasteiger partial charge in [-0.25, -0.2) is 18.2 Å². The van der Waals surface area contributed by atoms with Gasteiger partial charge in [0.2, 0.25) is 0 Å². The second-order valence-electron chi connectivity index (χ2n) is 7.68. The Balaban J connectivity index is 2.23. The van der Waals surface area contributed by atoms with E-state index in [0.717, 1.165) is 36.4 Å². The smallest absolute Gasteiger partial charge is 0.125 e. The van der Waals surface area contributed by atoms with E-state index >= 15 is 0 Å². The van der Waals surface area contributed by atoms with Gasteiger partial charge in [0.15, 0.2) is 0 Å². The van der Waals surface area contributed by atoms with E-state index < -0.39 is 17.5 Å². The molecular formula is C28H9F3N6. The van der Waals surface area contributed by atoms with Crippen LogP contribution in [0, 0.1) is 74.1 Å². The first kappa shape index (κ1) is 24.2. The number of benzene rings is 3. The Morgan fingerprint density at radius 2 is 0.811 bits per heavy atom. The highest BCUT2D eigenvalue weighted by atomic mass is 19.1. The molecule has 1 heterocycles. The summed E-state index contributed by atoms with van der Waals surface area (Å²) in [5, 5.41) is 48.1. The molecule has 0 unspecified atom stereocenters. The Kier molecular flexibility index (Phi) is 6.36. The van der Waals surface area contributed by atoms with Gasteiger partial charge in [-0.1, -0.05) is 0 Å². The van der Waals surface area contributed by atoms with Gasteiger partial charge in [-0.05, 0) is 60.2 Å². The largest absolute Gasteiger partial charge is 0.245 e. The maximum absolute atomic E-state index is 14.4. The number of nitrogens with zero attached hydrogens (tertiary/aromatic N) is 6. The van der Waals surface area contributed by atoms with E-state index in [9.17, 15) is 39.5 Å². The standard InChI is InChI=1S/C28H9F3N6/c29-21-4-15(10-32)1-18(7-21)26-24(13-35)27(19-2-16(11-33)5-22(30)8-19)37-28(25(26)14-36)20-3-17(12-34)6-23(31)9-20/h1-9H. The monoisotopic (exact) mass is 486 g/mol. The van der Waals surface area contributed by atoms with Crippen molar-refractivity contribution < 1.29 is 13.2 Å². The maximum Gasteiger partial charge on any atom is 0.125 e. The van der Waals surface area contributed by atoms with Crippen molar-refractivity contribution in [2.75, 3.05) is 0 Å². The summed E-state index contributed by atoms with van der Waals surface area (Å²) in [5.41, 5.74) is -1.30. The van der Waals surface area contributed by atoms with E-state index in [1.54, 1.807) is 18.2 Å². The summed E-state index contributed by atoms with van der Waals surface area (Å²) in [4.78, 5) is 4.38. The lowest BCUT2D eigenvalue weighted by Crippen LogP contribution is -2.03. The van der Waals surface area contributed by atoms with Gasteiger partial charge in [-0.2, -0.15) is 26.3 Å². The lowest BCUT2D eigenvalue weighted by atomic mass is 9.88. The van der Waals surface area contributed by atoms with Gasteiger partial charge >= 0.3 is 0 Å². The van der Waals surface area contributed by atoms with Gasteiger partial charge in [0, 0.05) is 16.7 Å². The van der Waals surface area contributed by atoms with Gasteiger partial charge in [-0.3, -0.25) is 0 Å². The molecule has 0 N–H and O–H groups in total. The molecule has 9 heteroatoms. The van der Waals surface area contributed by atoms with Crippen LogP contribution in [0.25, 0.3) is 33.6 Å². The predicted molar refractivity (Wildman–Crippen MR) is 124 cm³/mol. The molecule has 0 aliphatic rings. The summed E-state index contributed by atoms with van der Waals surface area (Å²) >= 11 is 0. The summed E-state index contributed by atoms with van der Waals surface area (Å²) in [6.45, 7) is 0. The predicted octanol–water partition coefficient (Wildman–Crippen LogP) is 5.86. The highest BCUT2D eigenvalue weighted by Gasteiger charge is 2.25. The van der Waals surface area contributed by atoms with Crippen LogP contribution in [0.5, 0.6) is 0 Å². The fourth-order valence-corrected chi connectivity index (χ4v) is 3.89. The van der Waals surface area contributed by atoms with Crippen LogP contribution >= 0.6 is 0 Å². The van der Waals surface area contributed by atoms with Gasteiger partial charge in [0.05, 0.1) is 57.4 Å². The van der Waals surface area contributed by atoms with Crippen molar-refractivity contribution in [2.45, 2.75) is 0 Å². The van der Waals surface area contributed by atoms with E-state index in [2.05, 4.69) is 4.98 Å². The van der Waals surface area contributed by atoms with Crippen molar-refractivity contribution in [2.24, 2.45) is 0 Å². The average molecular weight is 486 g/mol. The third-order valence-corrected chi connectivity index (χ3v) is 5.34. The first-order chi connectivity index (χ1) is 17.8. The van der Waals surface area contributed by atoms with Gasteiger partial charge in [0.25, 0.3) is 0 Å². The van der Waals surface area contributed by atoms with E-state index in [1.807, 2.05) is 12.1 Å². The topological polar surface area (TPSA) is 132 Å². The first-order valence-electron chi connectivity index (χ1n) is 10.3. The molecule has 0 amide bonds. The van der Waals surface area contributed by atoms with Crippen LogP contribution in [0.4, 0.5) is 13.2 Å². The van der Waals surface area contributed by atoms with Crippen LogP contribution in [0.1, 0.15) is 27.8 Å². The van der Waals surface area contributed by atoms with Gasteiger partial charge in [-0.15, -0.1) is 0 Å². The Morgan fingerprint density at radius 1 is 0.459 bits per heavy atom. The minimum atomic E-state index is -0.822. The van der Waals surface area contributed by atoms with Gasteiger partial charge in [0.1, 0.15) is 29.6 Å². The Labute approximate surface area is 208 Å². The third kappa shape index (κ3) is 4.55. The molecule has 1 aromatic heterocycles. The molecule has 4 aromatic rings. The highest BCUT2D eigenvalue weighted by molar-refractivity contribution is 5.90. The number of nitriles is 5. The van der Waals surface area contributed by atoms with E-state index in [-0.39, 0.29) is 61.5 Å². The maximum atomic E-state index is 14.4. The number of halogens is 3. The molecule has 172 valence electrons. The van der Waals surface area contributed by atoms with Crippen LogP contribution < -0.4 is 0 Å². The second kappa shape index (κ2) is 9.73. The second-order valence-corrected chi connectivity index (χ2v) is 7.68. The summed E-state index contributed by atoms with van der Waals surface area (Å²) in [6, 6.07) is 19.0. The van der Waals surface area contributed by atoms with E-state index in [0.29, 0.717) is 0 Å².